The van der Waals surface area contributed by atoms with E-state index in [1.54, 1.807) is 0 Å². The van der Waals surface area contributed by atoms with Gasteiger partial charge in [0.25, 0.3) is 0 Å². The summed E-state index contributed by atoms with van der Waals surface area (Å²) >= 11 is 0. The minimum atomic E-state index is 0.354. The van der Waals surface area contributed by atoms with Gasteiger partial charge in [0.1, 0.15) is 0 Å². The number of hydrogen-bond acceptors (Lipinski definition) is 1. The molecule has 2 aliphatic rings. The van der Waals surface area contributed by atoms with Crippen LogP contribution in [-0.4, -0.2) is 5.78 Å². The maximum atomic E-state index is 12.3. The molecule has 0 saturated heterocycles. The van der Waals surface area contributed by atoms with Gasteiger partial charge < -0.3 is 0 Å². The number of hydrogen-bond donors (Lipinski definition) is 0. The minimum Gasteiger partial charge on any atom is -0.294 e. The Balaban J connectivity index is 1.61. The Kier molecular flexibility index (Phi) is 4.54. The molecule has 108 valence electrons. The van der Waals surface area contributed by atoms with E-state index in [1.165, 1.54) is 63.4 Å². The monoisotopic (exact) mass is 270 g/mol. The van der Waals surface area contributed by atoms with E-state index >= 15 is 0 Å². The van der Waals surface area contributed by atoms with E-state index in [2.05, 4.69) is 24.3 Å². The van der Waals surface area contributed by atoms with Crippen LogP contribution in [0, 0.1) is 5.92 Å². The zero-order chi connectivity index (χ0) is 13.8. The molecule has 1 heteroatoms. The van der Waals surface area contributed by atoms with Gasteiger partial charge in [-0.3, -0.25) is 4.79 Å². The highest BCUT2D eigenvalue weighted by atomic mass is 16.1. The number of Topliss-reactive ketones (excluding diaryl/α,β-unsaturated/α-hetero) is 1. The second-order valence-corrected chi connectivity index (χ2v) is 6.73. The fourth-order valence-corrected chi connectivity index (χ4v) is 3.97. The quantitative estimate of drug-likeness (QED) is 0.660. The molecule has 0 bridgehead atoms. The Bertz CT molecular complexity index is 433. The normalized spacial score (nSPS) is 21.2. The summed E-state index contributed by atoms with van der Waals surface area (Å²) in [5.41, 5.74) is 2.37. The molecule has 1 aromatic carbocycles. The molecule has 0 aromatic heterocycles. The summed E-state index contributed by atoms with van der Waals surface area (Å²) in [6.45, 7) is 0. The number of carbonyl (C=O) groups is 1. The van der Waals surface area contributed by atoms with Crippen molar-refractivity contribution in [2.75, 3.05) is 0 Å². The third-order valence-electron chi connectivity index (χ3n) is 5.26. The fraction of sp³-hybridized carbons (Fsp3) is 0.632. The van der Waals surface area contributed by atoms with Crippen LogP contribution in [0.25, 0.3) is 0 Å². The largest absolute Gasteiger partial charge is 0.294 e. The number of carbonyl (C=O) groups excluding carboxylic acids is 1. The molecule has 1 nitrogen and oxygen atoms in total. The standard InChI is InChI=1S/C19H26O/c20-19(14-15-6-4-5-7-15)18-12-10-17(11-13-18)16-8-2-1-3-9-16/h10-13,15-16H,1-9,14H2. The molecule has 0 amide bonds. The van der Waals surface area contributed by atoms with Crippen LogP contribution in [0.15, 0.2) is 24.3 Å². The van der Waals surface area contributed by atoms with Crippen LogP contribution in [-0.2, 0) is 0 Å². The van der Waals surface area contributed by atoms with Crippen LogP contribution in [0.1, 0.15) is 86.0 Å². The van der Waals surface area contributed by atoms with Gasteiger partial charge in [-0.25, -0.2) is 0 Å². The van der Waals surface area contributed by atoms with Gasteiger partial charge in [0.05, 0.1) is 0 Å². The third-order valence-corrected chi connectivity index (χ3v) is 5.26. The SMILES string of the molecule is O=C(CC1CCCC1)c1ccc(C2CCCCC2)cc1. The van der Waals surface area contributed by atoms with Crippen LogP contribution in [0.3, 0.4) is 0 Å². The predicted octanol–water partition coefficient (Wildman–Crippen LogP) is 5.50. The smallest absolute Gasteiger partial charge is 0.163 e. The molecule has 2 fully saturated rings. The lowest BCUT2D eigenvalue weighted by Gasteiger charge is -2.22. The first-order valence-electron chi connectivity index (χ1n) is 8.46. The van der Waals surface area contributed by atoms with Gasteiger partial charge in [-0.05, 0) is 30.2 Å². The van der Waals surface area contributed by atoms with E-state index in [4.69, 9.17) is 0 Å². The molecular formula is C19H26O. The molecule has 0 atom stereocenters. The van der Waals surface area contributed by atoms with Crippen molar-refractivity contribution in [1.29, 1.82) is 0 Å². The molecule has 20 heavy (non-hydrogen) atoms. The Morgan fingerprint density at radius 1 is 0.850 bits per heavy atom. The minimum absolute atomic E-state index is 0.354. The Labute approximate surface area is 122 Å². The highest BCUT2D eigenvalue weighted by Crippen LogP contribution is 2.33. The second kappa shape index (κ2) is 6.56. The predicted molar refractivity (Wildman–Crippen MR) is 83.2 cm³/mol. The summed E-state index contributed by atoms with van der Waals surface area (Å²) in [7, 11) is 0. The summed E-state index contributed by atoms with van der Waals surface area (Å²) in [5.74, 6) is 1.75. The second-order valence-electron chi connectivity index (χ2n) is 6.73. The summed E-state index contributed by atoms with van der Waals surface area (Å²) in [6, 6.07) is 8.55. The first kappa shape index (κ1) is 13.9. The van der Waals surface area contributed by atoms with E-state index in [0.717, 1.165) is 17.9 Å². The van der Waals surface area contributed by atoms with E-state index in [1.807, 2.05) is 0 Å². The summed E-state index contributed by atoms with van der Waals surface area (Å²) < 4.78 is 0. The molecule has 0 radical (unpaired) electrons. The average Bonchev–Trinajstić information content (AvgIpc) is 3.01. The lowest BCUT2D eigenvalue weighted by molar-refractivity contribution is 0.0962. The Hall–Kier alpha value is -1.11. The van der Waals surface area contributed by atoms with Crippen LogP contribution >= 0.6 is 0 Å². The van der Waals surface area contributed by atoms with Crippen molar-refractivity contribution in [1.82, 2.24) is 0 Å². The lowest BCUT2D eigenvalue weighted by atomic mass is 9.83. The highest BCUT2D eigenvalue weighted by molar-refractivity contribution is 5.96. The first-order chi connectivity index (χ1) is 9.83. The zero-order valence-electron chi connectivity index (χ0n) is 12.4. The van der Waals surface area contributed by atoms with Gasteiger partial charge in [0.2, 0.25) is 0 Å². The molecule has 0 spiro atoms. The molecule has 0 N–H and O–H groups in total. The van der Waals surface area contributed by atoms with Gasteiger partial charge in [-0.15, -0.1) is 0 Å². The van der Waals surface area contributed by atoms with E-state index in [9.17, 15) is 4.79 Å². The summed E-state index contributed by atoms with van der Waals surface area (Å²) in [4.78, 5) is 12.3. The fourth-order valence-electron chi connectivity index (χ4n) is 3.97. The van der Waals surface area contributed by atoms with E-state index in [-0.39, 0.29) is 0 Å². The van der Waals surface area contributed by atoms with Crippen molar-refractivity contribution in [2.24, 2.45) is 5.92 Å². The van der Waals surface area contributed by atoms with Crippen molar-refractivity contribution in [3.05, 3.63) is 35.4 Å². The molecule has 0 aliphatic heterocycles. The van der Waals surface area contributed by atoms with Gasteiger partial charge in [-0.2, -0.15) is 0 Å². The average molecular weight is 270 g/mol. The molecule has 2 saturated carbocycles. The molecule has 0 unspecified atom stereocenters. The molecule has 2 aliphatic carbocycles. The molecular weight excluding hydrogens is 244 g/mol. The topological polar surface area (TPSA) is 17.1 Å². The van der Waals surface area contributed by atoms with Crippen molar-refractivity contribution < 1.29 is 4.79 Å². The van der Waals surface area contributed by atoms with E-state index < -0.39 is 0 Å². The van der Waals surface area contributed by atoms with Gasteiger partial charge in [0.15, 0.2) is 5.78 Å². The van der Waals surface area contributed by atoms with Crippen LogP contribution in [0.5, 0.6) is 0 Å². The molecule has 3 rings (SSSR count). The highest BCUT2D eigenvalue weighted by Gasteiger charge is 2.20. The summed E-state index contributed by atoms with van der Waals surface area (Å²) in [5, 5.41) is 0. The van der Waals surface area contributed by atoms with Crippen LogP contribution in [0.2, 0.25) is 0 Å². The Morgan fingerprint density at radius 3 is 2.10 bits per heavy atom. The third kappa shape index (κ3) is 3.31. The van der Waals surface area contributed by atoms with Crippen molar-refractivity contribution in [2.45, 2.75) is 70.1 Å². The van der Waals surface area contributed by atoms with Crippen molar-refractivity contribution in [3.63, 3.8) is 0 Å². The van der Waals surface area contributed by atoms with Crippen LogP contribution < -0.4 is 0 Å². The maximum Gasteiger partial charge on any atom is 0.163 e. The summed E-state index contributed by atoms with van der Waals surface area (Å²) in [6.07, 6.45) is 12.7. The number of ketones is 1. The molecule has 1 aromatic rings. The number of rotatable bonds is 4. The lowest BCUT2D eigenvalue weighted by Crippen LogP contribution is -2.07. The maximum absolute atomic E-state index is 12.3. The van der Waals surface area contributed by atoms with E-state index in [0.29, 0.717) is 11.7 Å². The van der Waals surface area contributed by atoms with Gasteiger partial charge in [-0.1, -0.05) is 69.2 Å². The number of benzene rings is 1. The zero-order valence-corrected chi connectivity index (χ0v) is 12.4. The van der Waals surface area contributed by atoms with Crippen molar-refractivity contribution in [3.8, 4) is 0 Å². The van der Waals surface area contributed by atoms with Crippen molar-refractivity contribution >= 4 is 5.78 Å². The van der Waals surface area contributed by atoms with Gasteiger partial charge in [0, 0.05) is 12.0 Å². The first-order valence-corrected chi connectivity index (χ1v) is 8.46. The van der Waals surface area contributed by atoms with Crippen LogP contribution in [0.4, 0.5) is 0 Å². The van der Waals surface area contributed by atoms with Gasteiger partial charge >= 0.3 is 0 Å². The molecule has 0 heterocycles. The Morgan fingerprint density at radius 2 is 1.45 bits per heavy atom.